The molecule has 1 aromatic carbocycles. The Bertz CT molecular complexity index is 942. The molecule has 1 unspecified atom stereocenters. The van der Waals surface area contributed by atoms with Crippen molar-refractivity contribution in [2.75, 3.05) is 37.7 Å². The fourth-order valence-corrected chi connectivity index (χ4v) is 6.13. The Labute approximate surface area is 204 Å². The lowest BCUT2D eigenvalue weighted by atomic mass is 9.74. The molecule has 0 saturated carbocycles. The molecule has 1 atom stereocenters. The van der Waals surface area contributed by atoms with Gasteiger partial charge >= 0.3 is 11.9 Å². The number of carbonyl (C=O) groups is 3. The maximum Gasteiger partial charge on any atom is 0.343 e. The van der Waals surface area contributed by atoms with E-state index in [0.717, 1.165) is 12.7 Å². The van der Waals surface area contributed by atoms with Crippen molar-refractivity contribution in [1.29, 1.82) is 0 Å². The van der Waals surface area contributed by atoms with E-state index in [9.17, 15) is 22.8 Å². The van der Waals surface area contributed by atoms with E-state index in [1.807, 2.05) is 26.8 Å². The standard InChI is InChI=1S/C23H33BrO8S/c1-22(2,16-33(28,29)15-21(27)31-5)10-7-11-23(3,19(25)13-24)17-8-6-9-18(12-17)32-14-20(26)30-4/h6,8-9,12H,7,10-11,13-16H2,1-5H3. The van der Waals surface area contributed by atoms with Crippen LogP contribution in [0, 0.1) is 5.41 Å². The van der Waals surface area contributed by atoms with Gasteiger partial charge in [-0.3, -0.25) is 9.59 Å². The summed E-state index contributed by atoms with van der Waals surface area (Å²) in [5, 5.41) is 0.160. The summed E-state index contributed by atoms with van der Waals surface area (Å²) in [5.41, 5.74) is -0.684. The number of Topliss-reactive ketones (excluding diaryl/α,β-unsaturated/α-hetero) is 1. The van der Waals surface area contributed by atoms with Crippen molar-refractivity contribution in [3.8, 4) is 5.75 Å². The van der Waals surface area contributed by atoms with Crippen LogP contribution in [0.2, 0.25) is 0 Å². The number of hydrogen-bond donors (Lipinski definition) is 0. The molecule has 1 aromatic rings. The van der Waals surface area contributed by atoms with Crippen molar-refractivity contribution in [2.45, 2.75) is 45.4 Å². The third kappa shape index (κ3) is 9.44. The number of benzene rings is 1. The predicted molar refractivity (Wildman–Crippen MR) is 128 cm³/mol. The van der Waals surface area contributed by atoms with Gasteiger partial charge in [-0.25, -0.2) is 13.2 Å². The summed E-state index contributed by atoms with van der Waals surface area (Å²) >= 11 is 3.26. The molecule has 0 spiro atoms. The monoisotopic (exact) mass is 548 g/mol. The summed E-state index contributed by atoms with van der Waals surface area (Å²) in [6.07, 6.45) is 1.61. The van der Waals surface area contributed by atoms with E-state index in [2.05, 4.69) is 25.4 Å². The Morgan fingerprint density at radius 2 is 1.64 bits per heavy atom. The van der Waals surface area contributed by atoms with Crippen LogP contribution >= 0.6 is 15.9 Å². The van der Waals surface area contributed by atoms with Crippen LogP contribution in [-0.4, -0.2) is 63.8 Å². The Morgan fingerprint density at radius 1 is 1.00 bits per heavy atom. The number of ketones is 1. The van der Waals surface area contributed by atoms with Gasteiger partial charge in [-0.15, -0.1) is 0 Å². The van der Waals surface area contributed by atoms with E-state index >= 15 is 0 Å². The van der Waals surface area contributed by atoms with Gasteiger partial charge in [0, 0.05) is 0 Å². The predicted octanol–water partition coefficient (Wildman–Crippen LogP) is 3.24. The van der Waals surface area contributed by atoms with E-state index < -0.39 is 38.4 Å². The Morgan fingerprint density at radius 3 is 2.21 bits per heavy atom. The van der Waals surface area contributed by atoms with E-state index in [4.69, 9.17) is 4.74 Å². The van der Waals surface area contributed by atoms with Gasteiger partial charge in [0.1, 0.15) is 11.5 Å². The van der Waals surface area contributed by atoms with Gasteiger partial charge in [0.05, 0.1) is 30.7 Å². The van der Waals surface area contributed by atoms with Crippen molar-refractivity contribution in [2.24, 2.45) is 5.41 Å². The first kappa shape index (κ1) is 29.1. The highest BCUT2D eigenvalue weighted by Gasteiger charge is 2.35. The molecule has 0 aliphatic heterocycles. The summed E-state index contributed by atoms with van der Waals surface area (Å²) in [5.74, 6) is -1.68. The molecule has 0 bridgehead atoms. The zero-order valence-electron chi connectivity index (χ0n) is 19.8. The van der Waals surface area contributed by atoms with Crippen LogP contribution in [0.1, 0.15) is 45.6 Å². The second-order valence-electron chi connectivity index (χ2n) is 8.91. The van der Waals surface area contributed by atoms with Crippen LogP contribution in [0.25, 0.3) is 0 Å². The number of alkyl halides is 1. The average Bonchev–Trinajstić information content (AvgIpc) is 2.75. The SMILES string of the molecule is COC(=O)COc1cccc(C(C)(CCCC(C)(C)CS(=O)(=O)CC(=O)OC)C(=O)CBr)c1. The Hall–Kier alpha value is -1.94. The number of sulfone groups is 1. The first-order valence-corrected chi connectivity index (χ1v) is 13.4. The molecule has 0 aliphatic carbocycles. The topological polar surface area (TPSA) is 113 Å². The molecule has 0 N–H and O–H groups in total. The molecular weight excluding hydrogens is 516 g/mol. The van der Waals surface area contributed by atoms with Crippen LogP contribution in [0.15, 0.2) is 24.3 Å². The van der Waals surface area contributed by atoms with Gasteiger partial charge in [-0.05, 0) is 42.9 Å². The molecule has 186 valence electrons. The molecule has 0 aliphatic rings. The normalized spacial score (nSPS) is 13.6. The lowest BCUT2D eigenvalue weighted by molar-refractivity contribution is -0.143. The van der Waals surface area contributed by atoms with Gasteiger partial charge in [0.15, 0.2) is 22.2 Å². The number of ether oxygens (including phenoxy) is 3. The quantitative estimate of drug-likeness (QED) is 0.257. The first-order valence-electron chi connectivity index (χ1n) is 10.5. The van der Waals surface area contributed by atoms with Crippen LogP contribution in [0.3, 0.4) is 0 Å². The van der Waals surface area contributed by atoms with E-state index in [0.29, 0.717) is 25.0 Å². The maximum atomic E-state index is 12.9. The number of halogens is 1. The molecule has 0 fully saturated rings. The fraction of sp³-hybridized carbons (Fsp3) is 0.609. The molecule has 10 heteroatoms. The third-order valence-corrected chi connectivity index (χ3v) is 7.90. The summed E-state index contributed by atoms with van der Waals surface area (Å²) in [4.78, 5) is 35.6. The van der Waals surface area contributed by atoms with E-state index in [-0.39, 0.29) is 23.5 Å². The lowest BCUT2D eigenvalue weighted by Gasteiger charge is -2.31. The lowest BCUT2D eigenvalue weighted by Crippen LogP contribution is -2.34. The second-order valence-corrected chi connectivity index (χ2v) is 11.5. The first-order chi connectivity index (χ1) is 15.3. The summed E-state index contributed by atoms with van der Waals surface area (Å²) in [6, 6.07) is 7.01. The second kappa shape index (κ2) is 12.5. The Kier molecular flexibility index (Phi) is 11.0. The van der Waals surface area contributed by atoms with Gasteiger partial charge in [-0.2, -0.15) is 0 Å². The van der Waals surface area contributed by atoms with Gasteiger partial charge in [0.25, 0.3) is 0 Å². The number of methoxy groups -OCH3 is 2. The third-order valence-electron chi connectivity index (χ3n) is 5.50. The number of rotatable bonds is 14. The van der Waals surface area contributed by atoms with E-state index in [1.165, 1.54) is 7.11 Å². The van der Waals surface area contributed by atoms with Crippen molar-refractivity contribution in [1.82, 2.24) is 0 Å². The number of esters is 2. The van der Waals surface area contributed by atoms with Gasteiger partial charge in [0.2, 0.25) is 0 Å². The zero-order chi connectivity index (χ0) is 25.3. The average molecular weight is 549 g/mol. The molecule has 0 saturated heterocycles. The molecule has 0 heterocycles. The van der Waals surface area contributed by atoms with Gasteiger partial charge < -0.3 is 14.2 Å². The summed E-state index contributed by atoms with van der Waals surface area (Å²) in [6.45, 7) is 5.26. The molecule has 1 rings (SSSR count). The minimum atomic E-state index is -3.61. The molecular formula is C23H33BrO8S. The summed E-state index contributed by atoms with van der Waals surface area (Å²) < 4.78 is 39.1. The molecule has 0 amide bonds. The molecule has 0 aromatic heterocycles. The van der Waals surface area contributed by atoms with Crippen molar-refractivity contribution in [3.05, 3.63) is 29.8 Å². The molecule has 8 nitrogen and oxygen atoms in total. The Balaban J connectivity index is 2.95. The number of hydrogen-bond acceptors (Lipinski definition) is 8. The van der Waals surface area contributed by atoms with Gasteiger partial charge in [-0.1, -0.05) is 48.3 Å². The van der Waals surface area contributed by atoms with Crippen molar-refractivity contribution in [3.63, 3.8) is 0 Å². The fourth-order valence-electron chi connectivity index (χ4n) is 3.60. The highest BCUT2D eigenvalue weighted by molar-refractivity contribution is 9.09. The van der Waals surface area contributed by atoms with Crippen LogP contribution < -0.4 is 4.74 Å². The van der Waals surface area contributed by atoms with Crippen molar-refractivity contribution >= 4 is 43.5 Å². The maximum absolute atomic E-state index is 12.9. The minimum Gasteiger partial charge on any atom is -0.482 e. The smallest absolute Gasteiger partial charge is 0.343 e. The van der Waals surface area contributed by atoms with Crippen LogP contribution in [0.5, 0.6) is 5.75 Å². The van der Waals surface area contributed by atoms with Crippen LogP contribution in [-0.2, 0) is 39.1 Å². The largest absolute Gasteiger partial charge is 0.482 e. The minimum absolute atomic E-state index is 0.0243. The zero-order valence-corrected chi connectivity index (χ0v) is 22.2. The summed E-state index contributed by atoms with van der Waals surface area (Å²) in [7, 11) is -1.19. The van der Waals surface area contributed by atoms with Crippen molar-refractivity contribution < 1.29 is 37.0 Å². The number of carbonyl (C=O) groups excluding carboxylic acids is 3. The molecule has 33 heavy (non-hydrogen) atoms. The van der Waals surface area contributed by atoms with E-state index in [1.54, 1.807) is 18.2 Å². The highest BCUT2D eigenvalue weighted by atomic mass is 79.9. The molecule has 0 radical (unpaired) electrons. The highest BCUT2D eigenvalue weighted by Crippen LogP contribution is 2.36. The van der Waals surface area contributed by atoms with Crippen LogP contribution in [0.4, 0.5) is 0 Å².